The Bertz CT molecular complexity index is 475. The van der Waals surface area contributed by atoms with Gasteiger partial charge in [-0.1, -0.05) is 31.2 Å². The zero-order chi connectivity index (χ0) is 15.9. The average Bonchev–Trinajstić information content (AvgIpc) is 2.41. The van der Waals surface area contributed by atoms with E-state index >= 15 is 0 Å². The number of hydrogen-bond acceptors (Lipinski definition) is 3. The number of benzene rings is 1. The molecule has 3 N–H and O–H groups in total. The quantitative estimate of drug-likeness (QED) is 0.443. The molecule has 5 nitrogen and oxygen atoms in total. The van der Waals surface area contributed by atoms with Gasteiger partial charge >= 0.3 is 6.09 Å². The van der Waals surface area contributed by atoms with E-state index in [-0.39, 0.29) is 0 Å². The Kier molecular flexibility index (Phi) is 6.21. The van der Waals surface area contributed by atoms with Crippen molar-refractivity contribution in [2.45, 2.75) is 39.7 Å². The molecule has 5 heteroatoms. The van der Waals surface area contributed by atoms with Gasteiger partial charge in [0.1, 0.15) is 11.4 Å². The third kappa shape index (κ3) is 6.79. The Morgan fingerprint density at radius 1 is 1.14 bits per heavy atom. The fraction of sp³-hybridized carbons (Fsp3) is 0.500. The molecule has 0 spiro atoms. The number of hydrogen-bond donors (Lipinski definition) is 3. The minimum atomic E-state index is -0.495. The van der Waals surface area contributed by atoms with Crippen LogP contribution >= 0.6 is 0 Å². The molecule has 1 amide bonds. The highest BCUT2D eigenvalue weighted by Gasteiger charge is 2.15. The maximum absolute atomic E-state index is 11.4. The third-order valence-corrected chi connectivity index (χ3v) is 2.75. The van der Waals surface area contributed by atoms with Crippen LogP contribution in [0.3, 0.4) is 0 Å². The summed E-state index contributed by atoms with van der Waals surface area (Å²) in [7, 11) is 0. The van der Waals surface area contributed by atoms with Crippen LogP contribution in [0.5, 0.6) is 0 Å². The van der Waals surface area contributed by atoms with E-state index in [1.807, 2.05) is 45.0 Å². The Morgan fingerprint density at radius 3 is 2.24 bits per heavy atom. The van der Waals surface area contributed by atoms with Crippen LogP contribution in [0, 0.1) is 5.41 Å². The average molecular weight is 291 g/mol. The highest BCUT2D eigenvalue weighted by Crippen LogP contribution is 2.06. The van der Waals surface area contributed by atoms with Gasteiger partial charge in [-0.3, -0.25) is 5.41 Å². The van der Waals surface area contributed by atoms with Gasteiger partial charge in [0.2, 0.25) is 0 Å². The lowest BCUT2D eigenvalue weighted by Gasteiger charge is -2.19. The Hall–Kier alpha value is -2.04. The number of aryl methyl sites for hydroxylation is 1. The predicted molar refractivity (Wildman–Crippen MR) is 84.9 cm³/mol. The van der Waals surface area contributed by atoms with Gasteiger partial charge in [0.25, 0.3) is 0 Å². The number of amides is 1. The van der Waals surface area contributed by atoms with E-state index in [0.29, 0.717) is 18.9 Å². The standard InChI is InChI=1S/C16H25N3O2/c1-5-12-6-8-13(9-7-12)14(17)18-10-11-19-15(20)21-16(2,3)4/h6-9H,5,10-11H2,1-4H3,(H2,17,18)(H,19,20). The van der Waals surface area contributed by atoms with Gasteiger partial charge in [0.05, 0.1) is 0 Å². The van der Waals surface area contributed by atoms with Crippen molar-refractivity contribution < 1.29 is 9.53 Å². The summed E-state index contributed by atoms with van der Waals surface area (Å²) in [4.78, 5) is 11.4. The monoisotopic (exact) mass is 291 g/mol. The minimum Gasteiger partial charge on any atom is -0.444 e. The Balaban J connectivity index is 2.28. The summed E-state index contributed by atoms with van der Waals surface area (Å²) >= 11 is 0. The second-order valence-electron chi connectivity index (χ2n) is 5.78. The molecule has 0 aromatic heterocycles. The molecule has 1 rings (SSSR count). The Labute approximate surface area is 126 Å². The summed E-state index contributed by atoms with van der Waals surface area (Å²) in [5, 5.41) is 13.5. The predicted octanol–water partition coefficient (Wildman–Crippen LogP) is 2.69. The van der Waals surface area contributed by atoms with Gasteiger partial charge in [-0.2, -0.15) is 0 Å². The lowest BCUT2D eigenvalue weighted by Crippen LogP contribution is -2.37. The molecular weight excluding hydrogens is 266 g/mol. The second-order valence-corrected chi connectivity index (χ2v) is 5.78. The molecule has 116 valence electrons. The smallest absolute Gasteiger partial charge is 0.407 e. The Morgan fingerprint density at radius 2 is 1.71 bits per heavy atom. The molecule has 1 aromatic rings. The van der Waals surface area contributed by atoms with E-state index in [2.05, 4.69) is 17.6 Å². The topological polar surface area (TPSA) is 74.2 Å². The fourth-order valence-electron chi connectivity index (χ4n) is 1.68. The van der Waals surface area contributed by atoms with Gasteiger partial charge in [0.15, 0.2) is 0 Å². The summed E-state index contributed by atoms with van der Waals surface area (Å²) in [5.74, 6) is 0.351. The van der Waals surface area contributed by atoms with E-state index in [1.165, 1.54) is 5.56 Å². The zero-order valence-electron chi connectivity index (χ0n) is 13.2. The van der Waals surface area contributed by atoms with Crippen LogP contribution in [-0.2, 0) is 11.2 Å². The maximum Gasteiger partial charge on any atom is 0.407 e. The van der Waals surface area contributed by atoms with Gasteiger partial charge in [-0.25, -0.2) is 4.79 Å². The van der Waals surface area contributed by atoms with E-state index < -0.39 is 11.7 Å². The number of carbonyl (C=O) groups is 1. The summed E-state index contributed by atoms with van der Waals surface area (Å²) in [5.41, 5.74) is 1.59. The molecule has 1 aromatic carbocycles. The first-order valence-electron chi connectivity index (χ1n) is 7.20. The van der Waals surface area contributed by atoms with Crippen molar-refractivity contribution in [1.82, 2.24) is 10.6 Å². The number of ether oxygens (including phenoxy) is 1. The largest absolute Gasteiger partial charge is 0.444 e. The maximum atomic E-state index is 11.4. The molecule has 0 aliphatic heterocycles. The van der Waals surface area contributed by atoms with E-state index in [4.69, 9.17) is 10.1 Å². The molecule has 0 aliphatic carbocycles. The van der Waals surface area contributed by atoms with Gasteiger partial charge in [-0.05, 0) is 32.8 Å². The summed E-state index contributed by atoms with van der Waals surface area (Å²) in [6.45, 7) is 8.44. The van der Waals surface area contributed by atoms with E-state index in [1.54, 1.807) is 0 Å². The molecule has 0 saturated heterocycles. The van der Waals surface area contributed by atoms with Crippen LogP contribution in [0.1, 0.15) is 38.8 Å². The molecule has 0 atom stereocenters. The second kappa shape index (κ2) is 7.67. The normalized spacial score (nSPS) is 10.9. The number of alkyl carbamates (subject to hydrolysis) is 1. The van der Waals surface area contributed by atoms with Gasteiger partial charge in [-0.15, -0.1) is 0 Å². The third-order valence-electron chi connectivity index (χ3n) is 2.75. The van der Waals surface area contributed by atoms with Crippen LogP contribution in [0.4, 0.5) is 4.79 Å². The molecule has 0 bridgehead atoms. The van der Waals surface area contributed by atoms with Crippen LogP contribution in [0.2, 0.25) is 0 Å². The van der Waals surface area contributed by atoms with Crippen molar-refractivity contribution in [2.75, 3.05) is 13.1 Å². The van der Waals surface area contributed by atoms with Crippen molar-refractivity contribution in [3.8, 4) is 0 Å². The zero-order valence-corrected chi connectivity index (χ0v) is 13.2. The summed E-state index contributed by atoms with van der Waals surface area (Å²) in [6, 6.07) is 7.89. The van der Waals surface area contributed by atoms with Crippen LogP contribution in [0.15, 0.2) is 24.3 Å². The highest BCUT2D eigenvalue weighted by molar-refractivity contribution is 5.96. The number of amidine groups is 1. The lowest BCUT2D eigenvalue weighted by molar-refractivity contribution is 0.0529. The molecule has 21 heavy (non-hydrogen) atoms. The first kappa shape index (κ1) is 17.0. The summed E-state index contributed by atoms with van der Waals surface area (Å²) < 4.78 is 5.12. The van der Waals surface area contributed by atoms with Gasteiger partial charge in [0, 0.05) is 18.7 Å². The summed E-state index contributed by atoms with van der Waals surface area (Å²) in [6.07, 6.45) is 0.545. The van der Waals surface area contributed by atoms with Crippen molar-refractivity contribution in [1.29, 1.82) is 5.41 Å². The van der Waals surface area contributed by atoms with Crippen LogP contribution < -0.4 is 10.6 Å². The van der Waals surface area contributed by atoms with Gasteiger partial charge < -0.3 is 15.4 Å². The van der Waals surface area contributed by atoms with E-state index in [9.17, 15) is 4.79 Å². The van der Waals surface area contributed by atoms with Crippen molar-refractivity contribution >= 4 is 11.9 Å². The highest BCUT2D eigenvalue weighted by atomic mass is 16.6. The molecule has 0 aliphatic rings. The molecule has 0 unspecified atom stereocenters. The van der Waals surface area contributed by atoms with Crippen molar-refractivity contribution in [2.24, 2.45) is 0 Å². The molecule has 0 radical (unpaired) electrons. The molecule has 0 fully saturated rings. The first-order chi connectivity index (χ1) is 9.81. The van der Waals surface area contributed by atoms with Crippen molar-refractivity contribution in [3.63, 3.8) is 0 Å². The molecule has 0 saturated carbocycles. The first-order valence-corrected chi connectivity index (χ1v) is 7.20. The lowest BCUT2D eigenvalue weighted by atomic mass is 10.1. The van der Waals surface area contributed by atoms with E-state index in [0.717, 1.165) is 12.0 Å². The minimum absolute atomic E-state index is 0.351. The number of carbonyl (C=O) groups excluding carboxylic acids is 1. The number of rotatable bonds is 5. The van der Waals surface area contributed by atoms with Crippen LogP contribution in [-0.4, -0.2) is 30.6 Å². The SMILES string of the molecule is CCc1ccc(C(=N)NCCNC(=O)OC(C)(C)C)cc1. The fourth-order valence-corrected chi connectivity index (χ4v) is 1.68. The van der Waals surface area contributed by atoms with Crippen molar-refractivity contribution in [3.05, 3.63) is 35.4 Å². The molecule has 0 heterocycles. The van der Waals surface area contributed by atoms with Crippen LogP contribution in [0.25, 0.3) is 0 Å². The molecular formula is C16H25N3O2. The number of nitrogens with one attached hydrogen (secondary N) is 3.